The highest BCUT2D eigenvalue weighted by Gasteiger charge is 2.52. The number of imide groups is 1. The van der Waals surface area contributed by atoms with Gasteiger partial charge in [0, 0.05) is 31.2 Å². The van der Waals surface area contributed by atoms with Crippen molar-refractivity contribution in [3.8, 4) is 0 Å². The lowest BCUT2D eigenvalue weighted by molar-refractivity contribution is -0.123. The molecule has 0 radical (unpaired) electrons. The van der Waals surface area contributed by atoms with E-state index >= 15 is 0 Å². The molecule has 5 rings (SSSR count). The van der Waals surface area contributed by atoms with E-state index in [9.17, 15) is 31.2 Å². The van der Waals surface area contributed by atoms with Gasteiger partial charge in [-0.25, -0.2) is 18.1 Å². The van der Waals surface area contributed by atoms with Crippen molar-refractivity contribution >= 4 is 44.1 Å². The number of para-hydroxylation sites is 1. The lowest BCUT2D eigenvalue weighted by Crippen LogP contribution is -2.43. The first-order valence-electron chi connectivity index (χ1n) is 12.5. The first-order valence-corrected chi connectivity index (χ1v) is 14.0. The number of fused-ring (bicyclic) bond motifs is 1. The molecule has 0 N–H and O–H groups in total. The molecule has 0 atom stereocenters. The number of aromatic nitrogens is 1. The molecular formula is C27H27F3N4O4S. The van der Waals surface area contributed by atoms with E-state index in [1.165, 1.54) is 11.3 Å². The largest absolute Gasteiger partial charge is 0.501 e. The Morgan fingerprint density at radius 3 is 2.26 bits per heavy atom. The zero-order chi connectivity index (χ0) is 28.2. The van der Waals surface area contributed by atoms with Crippen LogP contribution >= 0.6 is 0 Å². The summed E-state index contributed by atoms with van der Waals surface area (Å²) in [6.45, 7) is 5.16. The van der Waals surface area contributed by atoms with Crippen LogP contribution in [0.2, 0.25) is 0 Å². The van der Waals surface area contributed by atoms with Gasteiger partial charge in [-0.2, -0.15) is 13.2 Å². The molecule has 3 heterocycles. The molecule has 2 aliphatic heterocycles. The van der Waals surface area contributed by atoms with Crippen molar-refractivity contribution in [2.24, 2.45) is 0 Å². The maximum Gasteiger partial charge on any atom is 0.501 e. The van der Waals surface area contributed by atoms with Crippen molar-refractivity contribution < 1.29 is 31.2 Å². The number of amides is 3. The topological polar surface area (TPSA) is 90.9 Å². The normalized spacial score (nSPS) is 18.3. The fourth-order valence-electron chi connectivity index (χ4n) is 5.15. The van der Waals surface area contributed by atoms with E-state index in [-0.39, 0.29) is 12.2 Å². The molecule has 0 saturated carbocycles. The number of carbonyl (C=O) groups excluding carboxylic acids is 2. The third kappa shape index (κ3) is 4.50. The van der Waals surface area contributed by atoms with Crippen molar-refractivity contribution in [3.05, 3.63) is 60.3 Å². The van der Waals surface area contributed by atoms with Crippen LogP contribution < -0.4 is 9.80 Å². The molecule has 0 unspecified atom stereocenters. The Morgan fingerprint density at radius 2 is 1.62 bits per heavy atom. The van der Waals surface area contributed by atoms with Gasteiger partial charge in [0.15, 0.2) is 0 Å². The fourth-order valence-corrected chi connectivity index (χ4v) is 5.91. The van der Waals surface area contributed by atoms with Gasteiger partial charge in [0.2, 0.25) is 0 Å². The minimum Gasteiger partial charge on any atom is -0.370 e. The first-order chi connectivity index (χ1) is 18.3. The van der Waals surface area contributed by atoms with Gasteiger partial charge in [-0.3, -0.25) is 9.78 Å². The molecule has 0 bridgehead atoms. The van der Waals surface area contributed by atoms with Gasteiger partial charge >= 0.3 is 11.5 Å². The van der Waals surface area contributed by atoms with Crippen molar-refractivity contribution in [3.63, 3.8) is 0 Å². The number of hydrogen-bond donors (Lipinski definition) is 0. The summed E-state index contributed by atoms with van der Waals surface area (Å²) in [4.78, 5) is 35.1. The smallest absolute Gasteiger partial charge is 0.370 e. The standard InChI is InChI=1S/C27H27F3N4O4S/c1-26(2)24(35)34(19-9-11-20(12-10-19)39(37,38)27(28,29)30)25(36)33(26)17-18-13-14-31-23-21(18)7-6-8-22(23)32-15-4-3-5-16-32/h6-14H,3-5,15-17H2,1-2H3. The second kappa shape index (κ2) is 9.51. The molecule has 2 aliphatic rings. The van der Waals surface area contributed by atoms with Crippen molar-refractivity contribution in [2.45, 2.75) is 55.6 Å². The Morgan fingerprint density at radius 1 is 0.949 bits per heavy atom. The lowest BCUT2D eigenvalue weighted by atomic mass is 10.0. The lowest BCUT2D eigenvalue weighted by Gasteiger charge is -2.30. The van der Waals surface area contributed by atoms with Gasteiger partial charge in [0.05, 0.1) is 21.8 Å². The third-order valence-electron chi connectivity index (χ3n) is 7.40. The van der Waals surface area contributed by atoms with E-state index in [0.29, 0.717) is 0 Å². The van der Waals surface area contributed by atoms with Crippen LogP contribution in [0.25, 0.3) is 10.9 Å². The molecule has 0 spiro atoms. The van der Waals surface area contributed by atoms with Crippen molar-refractivity contribution in [1.82, 2.24) is 9.88 Å². The quantitative estimate of drug-likeness (QED) is 0.395. The summed E-state index contributed by atoms with van der Waals surface area (Å²) >= 11 is 0. The minimum absolute atomic E-state index is 0.0197. The van der Waals surface area contributed by atoms with Crippen LogP contribution in [-0.2, 0) is 21.2 Å². The molecule has 3 amide bonds. The predicted molar refractivity (Wildman–Crippen MR) is 140 cm³/mol. The van der Waals surface area contributed by atoms with Gasteiger partial charge in [-0.05, 0) is 75.1 Å². The number of rotatable bonds is 5. The molecule has 2 saturated heterocycles. The number of anilines is 2. The monoisotopic (exact) mass is 560 g/mol. The van der Waals surface area contributed by atoms with Gasteiger partial charge in [-0.1, -0.05) is 12.1 Å². The highest BCUT2D eigenvalue weighted by molar-refractivity contribution is 7.92. The zero-order valence-corrected chi connectivity index (χ0v) is 22.2. The van der Waals surface area contributed by atoms with Crippen LogP contribution in [0.3, 0.4) is 0 Å². The van der Waals surface area contributed by atoms with Gasteiger partial charge in [0.1, 0.15) is 5.54 Å². The van der Waals surface area contributed by atoms with Crippen LogP contribution in [0, 0.1) is 0 Å². The maximum absolute atomic E-state index is 13.5. The van der Waals surface area contributed by atoms with Crippen LogP contribution in [0.5, 0.6) is 0 Å². The SMILES string of the molecule is CC1(C)C(=O)N(c2ccc(S(=O)(=O)C(F)(F)F)cc2)C(=O)N1Cc1ccnc2c(N3CCCCC3)cccc12. The van der Waals surface area contributed by atoms with Gasteiger partial charge in [0.25, 0.3) is 15.7 Å². The average molecular weight is 561 g/mol. The number of hydrogen-bond acceptors (Lipinski definition) is 6. The number of carbonyl (C=O) groups is 2. The second-order valence-electron chi connectivity index (χ2n) is 10.2. The number of piperidine rings is 1. The molecule has 39 heavy (non-hydrogen) atoms. The number of halogens is 3. The molecule has 8 nitrogen and oxygen atoms in total. The van der Waals surface area contributed by atoms with Crippen LogP contribution in [-0.4, -0.2) is 54.4 Å². The third-order valence-corrected chi connectivity index (χ3v) is 8.90. The van der Waals surface area contributed by atoms with E-state index in [1.54, 1.807) is 26.1 Å². The van der Waals surface area contributed by atoms with Gasteiger partial charge in [-0.15, -0.1) is 0 Å². The summed E-state index contributed by atoms with van der Waals surface area (Å²) in [5, 5.41) is 0.858. The Balaban J connectivity index is 1.46. The van der Waals surface area contributed by atoms with E-state index in [4.69, 9.17) is 0 Å². The van der Waals surface area contributed by atoms with E-state index in [1.807, 2.05) is 18.2 Å². The van der Waals surface area contributed by atoms with E-state index < -0.39 is 37.7 Å². The Hall–Kier alpha value is -3.67. The Labute approximate surface area is 223 Å². The van der Waals surface area contributed by atoms with Gasteiger partial charge < -0.3 is 9.80 Å². The molecule has 2 aromatic carbocycles. The van der Waals surface area contributed by atoms with Crippen LogP contribution in [0.15, 0.2) is 59.6 Å². The number of pyridine rings is 1. The van der Waals surface area contributed by atoms with Crippen LogP contribution in [0.4, 0.5) is 29.3 Å². The Kier molecular flexibility index (Phi) is 6.56. The number of benzene rings is 2. The highest BCUT2D eigenvalue weighted by Crippen LogP contribution is 2.37. The second-order valence-corrected chi connectivity index (χ2v) is 12.1. The zero-order valence-electron chi connectivity index (χ0n) is 21.4. The molecule has 206 valence electrons. The van der Waals surface area contributed by atoms with E-state index in [0.717, 1.165) is 77.3 Å². The molecule has 2 fully saturated rings. The number of alkyl halides is 3. The Bertz CT molecular complexity index is 1550. The summed E-state index contributed by atoms with van der Waals surface area (Å²) in [5.41, 5.74) is -4.13. The summed E-state index contributed by atoms with van der Waals surface area (Å²) in [6.07, 6.45) is 5.08. The summed E-state index contributed by atoms with van der Waals surface area (Å²) in [7, 11) is -5.56. The molecule has 1 aromatic heterocycles. The minimum atomic E-state index is -5.56. The van der Waals surface area contributed by atoms with Crippen molar-refractivity contribution in [1.29, 1.82) is 0 Å². The molecule has 0 aliphatic carbocycles. The van der Waals surface area contributed by atoms with Crippen LogP contribution in [0.1, 0.15) is 38.7 Å². The highest BCUT2D eigenvalue weighted by atomic mass is 32.2. The van der Waals surface area contributed by atoms with E-state index in [2.05, 4.69) is 9.88 Å². The average Bonchev–Trinajstić information content (AvgIpc) is 3.07. The predicted octanol–water partition coefficient (Wildman–Crippen LogP) is 5.27. The first kappa shape index (κ1) is 26.9. The summed E-state index contributed by atoms with van der Waals surface area (Å²) in [5.74, 6) is -0.578. The number of sulfone groups is 1. The molecule has 12 heteroatoms. The summed E-state index contributed by atoms with van der Waals surface area (Å²) < 4.78 is 62.2. The fraction of sp³-hybridized carbons (Fsp3) is 0.370. The summed E-state index contributed by atoms with van der Waals surface area (Å²) in [6, 6.07) is 10.6. The molecular weight excluding hydrogens is 533 g/mol. The maximum atomic E-state index is 13.5. The molecule has 3 aromatic rings. The number of nitrogens with zero attached hydrogens (tertiary/aromatic N) is 4. The number of urea groups is 1. The van der Waals surface area contributed by atoms with Crippen molar-refractivity contribution in [2.75, 3.05) is 22.9 Å².